The Morgan fingerprint density at radius 1 is 1.13 bits per heavy atom. The van der Waals surface area contributed by atoms with Gasteiger partial charge in [-0.05, 0) is 24.3 Å². The van der Waals surface area contributed by atoms with Crippen molar-refractivity contribution in [3.05, 3.63) is 78.4 Å². The van der Waals surface area contributed by atoms with Crippen LogP contribution in [-0.2, 0) is 16.1 Å². The second-order valence-corrected chi connectivity index (χ2v) is 7.38. The minimum Gasteiger partial charge on any atom is -0.378 e. The van der Waals surface area contributed by atoms with E-state index in [1.165, 1.54) is 41.0 Å². The molecule has 0 saturated carbocycles. The highest BCUT2D eigenvalue weighted by atomic mass is 35.5. The molecule has 1 aromatic heterocycles. The number of non-ortho nitro benzene ring substituents is 1. The van der Waals surface area contributed by atoms with Gasteiger partial charge in [0.15, 0.2) is 0 Å². The van der Waals surface area contributed by atoms with E-state index in [0.717, 1.165) is 10.6 Å². The van der Waals surface area contributed by atoms with Crippen LogP contribution in [0.2, 0.25) is 5.02 Å². The molecule has 1 aliphatic rings. The number of rotatable bonds is 4. The molecule has 11 heteroatoms. The van der Waals surface area contributed by atoms with E-state index in [1.807, 2.05) is 0 Å². The molecule has 0 N–H and O–H groups in total. The fourth-order valence-corrected chi connectivity index (χ4v) is 3.68. The van der Waals surface area contributed by atoms with Gasteiger partial charge in [-0.2, -0.15) is 0 Å². The lowest BCUT2D eigenvalue weighted by atomic mass is 10.2. The van der Waals surface area contributed by atoms with Crippen molar-refractivity contribution in [2.75, 3.05) is 26.3 Å². The first-order valence-electron chi connectivity index (χ1n) is 9.42. The monoisotopic (exact) mass is 444 g/mol. The molecule has 0 atom stereocenters. The van der Waals surface area contributed by atoms with E-state index in [2.05, 4.69) is 0 Å². The molecule has 2 heterocycles. The van der Waals surface area contributed by atoms with E-state index >= 15 is 0 Å². The topological polar surface area (TPSA) is 117 Å². The minimum absolute atomic E-state index is 0.0358. The van der Waals surface area contributed by atoms with E-state index < -0.39 is 16.2 Å². The average molecular weight is 445 g/mol. The molecule has 1 saturated heterocycles. The summed E-state index contributed by atoms with van der Waals surface area (Å²) in [5.41, 5.74) is -1.47. The zero-order valence-corrected chi connectivity index (χ0v) is 16.9. The zero-order valence-electron chi connectivity index (χ0n) is 16.2. The number of nitro groups is 1. The van der Waals surface area contributed by atoms with E-state index in [1.54, 1.807) is 4.90 Å². The van der Waals surface area contributed by atoms with Crippen LogP contribution in [-0.4, -0.2) is 51.2 Å². The Morgan fingerprint density at radius 2 is 1.87 bits per heavy atom. The van der Waals surface area contributed by atoms with Crippen molar-refractivity contribution in [2.24, 2.45) is 0 Å². The van der Waals surface area contributed by atoms with E-state index in [9.17, 15) is 24.5 Å². The van der Waals surface area contributed by atoms with Crippen LogP contribution < -0.4 is 11.2 Å². The molecule has 1 amide bonds. The first-order valence-corrected chi connectivity index (χ1v) is 9.80. The molecule has 2 aromatic carbocycles. The lowest BCUT2D eigenvalue weighted by Crippen LogP contribution is -2.45. The molecule has 31 heavy (non-hydrogen) atoms. The summed E-state index contributed by atoms with van der Waals surface area (Å²) < 4.78 is 7.25. The predicted molar refractivity (Wildman–Crippen MR) is 113 cm³/mol. The van der Waals surface area contributed by atoms with Gasteiger partial charge in [0.25, 0.3) is 11.2 Å². The fourth-order valence-electron chi connectivity index (χ4n) is 3.51. The third kappa shape index (κ3) is 3.94. The minimum atomic E-state index is -0.790. The van der Waals surface area contributed by atoms with Gasteiger partial charge in [-0.3, -0.25) is 24.3 Å². The number of hydrogen-bond donors (Lipinski definition) is 0. The van der Waals surface area contributed by atoms with E-state index in [-0.39, 0.29) is 34.7 Å². The molecule has 1 fully saturated rings. The predicted octanol–water partition coefficient (Wildman–Crippen LogP) is 1.57. The van der Waals surface area contributed by atoms with Gasteiger partial charge in [-0.25, -0.2) is 9.36 Å². The normalized spacial score (nSPS) is 14.0. The van der Waals surface area contributed by atoms with Crippen LogP contribution in [0, 0.1) is 10.1 Å². The summed E-state index contributed by atoms with van der Waals surface area (Å²) in [6.07, 6.45) is 0. The number of ether oxygens (including phenoxy) is 1. The van der Waals surface area contributed by atoms with Crippen molar-refractivity contribution in [3.8, 4) is 5.69 Å². The summed E-state index contributed by atoms with van der Waals surface area (Å²) in [7, 11) is 0. The van der Waals surface area contributed by atoms with Crippen LogP contribution >= 0.6 is 11.6 Å². The molecular formula is C20H17ClN4O6. The third-order valence-electron chi connectivity index (χ3n) is 5.06. The number of carbonyl (C=O) groups excluding carboxylic acids is 1. The first kappa shape index (κ1) is 20.8. The number of fused-ring (bicyclic) bond motifs is 1. The van der Waals surface area contributed by atoms with Gasteiger partial charge in [0.05, 0.1) is 34.7 Å². The Morgan fingerprint density at radius 3 is 2.58 bits per heavy atom. The summed E-state index contributed by atoms with van der Waals surface area (Å²) in [5, 5.41) is 11.6. The van der Waals surface area contributed by atoms with Gasteiger partial charge in [-0.15, -0.1) is 0 Å². The summed E-state index contributed by atoms with van der Waals surface area (Å²) in [5.74, 6) is -0.309. The van der Waals surface area contributed by atoms with Crippen LogP contribution in [0.1, 0.15) is 0 Å². The number of hydrogen-bond acceptors (Lipinski definition) is 6. The zero-order chi connectivity index (χ0) is 22.1. The number of amides is 1. The quantitative estimate of drug-likeness (QED) is 0.445. The summed E-state index contributed by atoms with van der Waals surface area (Å²) in [6.45, 7) is 1.29. The molecule has 3 aromatic rings. The SMILES string of the molecule is O=C(Cn1c(=O)n(-c2cccc([N+](=O)[O-])c2)c(=O)c2ccc(Cl)cc21)N1CCOCC1. The second-order valence-electron chi connectivity index (χ2n) is 6.94. The van der Waals surface area contributed by atoms with Crippen molar-refractivity contribution in [3.63, 3.8) is 0 Å². The molecule has 4 rings (SSSR count). The molecule has 0 bridgehead atoms. The lowest BCUT2D eigenvalue weighted by Gasteiger charge is -2.27. The van der Waals surface area contributed by atoms with Crippen molar-refractivity contribution >= 4 is 34.1 Å². The molecule has 10 nitrogen and oxygen atoms in total. The summed E-state index contributed by atoms with van der Waals surface area (Å²) in [6, 6.07) is 9.61. The number of nitro benzene ring substituents is 1. The number of halogens is 1. The van der Waals surface area contributed by atoms with Gasteiger partial charge in [0.1, 0.15) is 6.54 Å². The van der Waals surface area contributed by atoms with Crippen LogP contribution in [0.25, 0.3) is 16.6 Å². The Labute approximate surface area is 180 Å². The maximum Gasteiger partial charge on any atom is 0.336 e. The maximum absolute atomic E-state index is 13.3. The summed E-state index contributed by atoms with van der Waals surface area (Å²) >= 11 is 6.08. The molecule has 0 unspecified atom stereocenters. The number of nitrogens with zero attached hydrogens (tertiary/aromatic N) is 4. The molecule has 0 radical (unpaired) electrons. The molecular weight excluding hydrogens is 428 g/mol. The second kappa shape index (κ2) is 8.32. The van der Waals surface area contributed by atoms with E-state index in [0.29, 0.717) is 31.3 Å². The molecule has 0 aliphatic carbocycles. The molecule has 1 aliphatic heterocycles. The number of morpholine rings is 1. The Hall–Kier alpha value is -3.50. The highest BCUT2D eigenvalue weighted by molar-refractivity contribution is 6.31. The highest BCUT2D eigenvalue weighted by Gasteiger charge is 2.22. The Bertz CT molecular complexity index is 1310. The van der Waals surface area contributed by atoms with Gasteiger partial charge >= 0.3 is 5.69 Å². The van der Waals surface area contributed by atoms with Gasteiger partial charge in [0.2, 0.25) is 5.91 Å². The van der Waals surface area contributed by atoms with Gasteiger partial charge in [0, 0.05) is 30.2 Å². The van der Waals surface area contributed by atoms with Crippen LogP contribution in [0.3, 0.4) is 0 Å². The fraction of sp³-hybridized carbons (Fsp3) is 0.250. The Balaban J connectivity index is 1.92. The maximum atomic E-state index is 13.3. The van der Waals surface area contributed by atoms with Crippen LogP contribution in [0.15, 0.2) is 52.1 Å². The van der Waals surface area contributed by atoms with Crippen molar-refractivity contribution < 1.29 is 14.5 Å². The van der Waals surface area contributed by atoms with Crippen molar-refractivity contribution in [1.29, 1.82) is 0 Å². The summed E-state index contributed by atoms with van der Waals surface area (Å²) in [4.78, 5) is 51.4. The van der Waals surface area contributed by atoms with Crippen LogP contribution in [0.4, 0.5) is 5.69 Å². The average Bonchev–Trinajstić information content (AvgIpc) is 2.77. The molecule has 160 valence electrons. The van der Waals surface area contributed by atoms with E-state index in [4.69, 9.17) is 16.3 Å². The molecule has 0 spiro atoms. The van der Waals surface area contributed by atoms with Gasteiger partial charge in [-0.1, -0.05) is 17.7 Å². The van der Waals surface area contributed by atoms with Crippen LogP contribution in [0.5, 0.6) is 0 Å². The van der Waals surface area contributed by atoms with Crippen molar-refractivity contribution in [2.45, 2.75) is 6.54 Å². The first-order chi connectivity index (χ1) is 14.9. The number of aromatic nitrogens is 2. The standard InChI is InChI=1S/C20H17ClN4O6/c21-13-4-5-16-17(10-13)23(12-18(26)22-6-8-31-9-7-22)20(28)24(19(16)27)14-2-1-3-15(11-14)25(29)30/h1-5,10-11H,6-9,12H2. The third-order valence-corrected chi connectivity index (χ3v) is 5.30. The number of benzene rings is 2. The highest BCUT2D eigenvalue weighted by Crippen LogP contribution is 2.19. The largest absolute Gasteiger partial charge is 0.378 e. The smallest absolute Gasteiger partial charge is 0.336 e. The van der Waals surface area contributed by atoms with Gasteiger partial charge < -0.3 is 9.64 Å². The van der Waals surface area contributed by atoms with Crippen molar-refractivity contribution in [1.82, 2.24) is 14.0 Å². The number of carbonyl (C=O) groups is 1. The lowest BCUT2D eigenvalue weighted by molar-refractivity contribution is -0.384. The Kier molecular flexibility index (Phi) is 5.57.